The molecule has 2 heterocycles. The minimum absolute atomic E-state index is 0.109. The van der Waals surface area contributed by atoms with Crippen LogP contribution in [0.2, 0.25) is 0 Å². The van der Waals surface area contributed by atoms with Gasteiger partial charge in [0.1, 0.15) is 16.9 Å². The fourth-order valence-electron chi connectivity index (χ4n) is 6.87. The Bertz CT molecular complexity index is 1430. The SMILES string of the molecule is COc1cc(C(=O)N2C[C@]3(C)C[C@H]2CC(C)(C)C3)ccc1-c1cccc2c1oc1ccccc12. The average Bonchev–Trinajstić information content (AvgIpc) is 3.31. The van der Waals surface area contributed by atoms with E-state index in [0.717, 1.165) is 52.5 Å². The molecule has 1 aliphatic carbocycles. The third-order valence-corrected chi connectivity index (χ3v) is 7.82. The summed E-state index contributed by atoms with van der Waals surface area (Å²) in [6, 6.07) is 20.4. The van der Waals surface area contributed by atoms with E-state index >= 15 is 0 Å². The van der Waals surface area contributed by atoms with Crippen molar-refractivity contribution in [3.05, 3.63) is 66.2 Å². The van der Waals surface area contributed by atoms with Crippen molar-refractivity contribution < 1.29 is 13.9 Å². The van der Waals surface area contributed by atoms with Gasteiger partial charge in [-0.3, -0.25) is 4.79 Å². The van der Waals surface area contributed by atoms with Crippen LogP contribution in [0.25, 0.3) is 33.1 Å². The first kappa shape index (κ1) is 21.3. The third-order valence-electron chi connectivity index (χ3n) is 7.82. The van der Waals surface area contributed by atoms with Gasteiger partial charge >= 0.3 is 0 Å². The van der Waals surface area contributed by atoms with Crippen LogP contribution in [0, 0.1) is 10.8 Å². The van der Waals surface area contributed by atoms with Gasteiger partial charge in [0.15, 0.2) is 0 Å². The molecule has 34 heavy (non-hydrogen) atoms. The molecule has 4 heteroatoms. The average molecular weight is 454 g/mol. The molecule has 0 unspecified atom stereocenters. The summed E-state index contributed by atoms with van der Waals surface area (Å²) in [6.07, 6.45) is 3.34. The molecule has 0 spiro atoms. The number of rotatable bonds is 3. The van der Waals surface area contributed by atoms with E-state index in [9.17, 15) is 4.79 Å². The Morgan fingerprint density at radius 3 is 2.59 bits per heavy atom. The standard InChI is InChI=1S/C30H31NO3/c1-29(2)15-20-16-30(3,17-29)18-31(20)28(32)19-12-13-22(26(14-19)33-4)24-10-7-9-23-21-8-5-6-11-25(21)34-27(23)24/h5-14,20H,15-18H2,1-4H3/t20-,30-/m1/s1. The molecule has 174 valence electrons. The van der Waals surface area contributed by atoms with Crippen molar-refractivity contribution in [2.24, 2.45) is 10.8 Å². The highest BCUT2D eigenvalue weighted by molar-refractivity contribution is 6.10. The highest BCUT2D eigenvalue weighted by Crippen LogP contribution is 2.53. The van der Waals surface area contributed by atoms with E-state index in [1.54, 1.807) is 7.11 Å². The maximum atomic E-state index is 13.6. The maximum Gasteiger partial charge on any atom is 0.254 e. The molecule has 0 radical (unpaired) electrons. The van der Waals surface area contributed by atoms with E-state index in [0.29, 0.717) is 17.4 Å². The van der Waals surface area contributed by atoms with E-state index in [2.05, 4.69) is 43.9 Å². The van der Waals surface area contributed by atoms with Crippen molar-refractivity contribution in [3.63, 3.8) is 0 Å². The number of hydrogen-bond donors (Lipinski definition) is 0. The Morgan fingerprint density at radius 2 is 1.76 bits per heavy atom. The molecule has 2 fully saturated rings. The summed E-state index contributed by atoms with van der Waals surface area (Å²) < 4.78 is 12.0. The number of ether oxygens (including phenoxy) is 1. The summed E-state index contributed by atoms with van der Waals surface area (Å²) >= 11 is 0. The number of methoxy groups -OCH3 is 1. The molecule has 4 aromatic rings. The molecular formula is C30H31NO3. The zero-order valence-corrected chi connectivity index (χ0v) is 20.4. The predicted molar refractivity (Wildman–Crippen MR) is 136 cm³/mol. The summed E-state index contributed by atoms with van der Waals surface area (Å²) in [5.41, 5.74) is 4.78. The number of nitrogens with zero attached hydrogens (tertiary/aromatic N) is 1. The number of hydrogen-bond acceptors (Lipinski definition) is 3. The van der Waals surface area contributed by atoms with E-state index in [1.807, 2.05) is 42.5 Å². The largest absolute Gasteiger partial charge is 0.496 e. The lowest BCUT2D eigenvalue weighted by molar-refractivity contribution is 0.0708. The molecule has 4 nitrogen and oxygen atoms in total. The molecule has 1 amide bonds. The van der Waals surface area contributed by atoms with Gasteiger partial charge in [-0.25, -0.2) is 0 Å². The Kier molecular flexibility index (Phi) is 4.61. The smallest absolute Gasteiger partial charge is 0.254 e. The molecular weight excluding hydrogens is 422 g/mol. The number of amides is 1. The van der Waals surface area contributed by atoms with Gasteiger partial charge < -0.3 is 14.1 Å². The summed E-state index contributed by atoms with van der Waals surface area (Å²) in [5.74, 6) is 0.797. The highest BCUT2D eigenvalue weighted by Gasteiger charge is 2.51. The Balaban J connectivity index is 1.39. The Morgan fingerprint density at radius 1 is 0.971 bits per heavy atom. The molecule has 2 aliphatic rings. The first-order chi connectivity index (χ1) is 16.3. The van der Waals surface area contributed by atoms with Gasteiger partial charge in [0.05, 0.1) is 7.11 Å². The van der Waals surface area contributed by atoms with Gasteiger partial charge in [-0.15, -0.1) is 0 Å². The fourth-order valence-corrected chi connectivity index (χ4v) is 6.87. The monoisotopic (exact) mass is 453 g/mol. The second-order valence-electron chi connectivity index (χ2n) is 11.3. The number of para-hydroxylation sites is 2. The number of benzene rings is 3. The van der Waals surface area contributed by atoms with Crippen molar-refractivity contribution in [2.75, 3.05) is 13.7 Å². The first-order valence-corrected chi connectivity index (χ1v) is 12.2. The van der Waals surface area contributed by atoms with Gasteiger partial charge in [-0.1, -0.05) is 57.2 Å². The molecule has 6 rings (SSSR count). The topological polar surface area (TPSA) is 42.7 Å². The number of furan rings is 1. The van der Waals surface area contributed by atoms with Crippen LogP contribution < -0.4 is 4.74 Å². The number of likely N-dealkylation sites (tertiary alicyclic amines) is 1. The highest BCUT2D eigenvalue weighted by atomic mass is 16.5. The van der Waals surface area contributed by atoms with Gasteiger partial charge in [0, 0.05) is 40.0 Å². The molecule has 1 aliphatic heterocycles. The lowest BCUT2D eigenvalue weighted by atomic mass is 9.65. The van der Waals surface area contributed by atoms with Crippen molar-refractivity contribution in [2.45, 2.75) is 46.1 Å². The second kappa shape index (κ2) is 7.36. The molecule has 3 aromatic carbocycles. The third kappa shape index (κ3) is 3.31. The van der Waals surface area contributed by atoms with Crippen LogP contribution in [-0.2, 0) is 0 Å². The number of carbonyl (C=O) groups excluding carboxylic acids is 1. The van der Waals surface area contributed by atoms with Crippen LogP contribution in [-0.4, -0.2) is 30.5 Å². The fraction of sp³-hybridized carbons (Fsp3) is 0.367. The van der Waals surface area contributed by atoms with Crippen molar-refractivity contribution in [3.8, 4) is 16.9 Å². The molecule has 1 saturated heterocycles. The summed E-state index contributed by atoms with van der Waals surface area (Å²) in [7, 11) is 1.66. The van der Waals surface area contributed by atoms with Gasteiger partial charge in [0.2, 0.25) is 0 Å². The number of carbonyl (C=O) groups is 1. The van der Waals surface area contributed by atoms with Crippen molar-refractivity contribution >= 4 is 27.8 Å². The van der Waals surface area contributed by atoms with Gasteiger partial charge in [-0.2, -0.15) is 0 Å². The van der Waals surface area contributed by atoms with E-state index in [-0.39, 0.29) is 16.7 Å². The van der Waals surface area contributed by atoms with Gasteiger partial charge in [0.25, 0.3) is 5.91 Å². The van der Waals surface area contributed by atoms with E-state index < -0.39 is 0 Å². The normalized spacial score (nSPS) is 23.5. The molecule has 2 bridgehead atoms. The first-order valence-electron chi connectivity index (χ1n) is 12.2. The molecule has 0 N–H and O–H groups in total. The Labute approximate surface area is 200 Å². The van der Waals surface area contributed by atoms with Gasteiger partial charge in [-0.05, 0) is 54.4 Å². The summed E-state index contributed by atoms with van der Waals surface area (Å²) in [5, 5.41) is 2.18. The zero-order valence-electron chi connectivity index (χ0n) is 20.4. The van der Waals surface area contributed by atoms with Crippen molar-refractivity contribution in [1.82, 2.24) is 4.90 Å². The molecule has 1 aromatic heterocycles. The lowest BCUT2D eigenvalue weighted by Crippen LogP contribution is -2.37. The van der Waals surface area contributed by atoms with Crippen LogP contribution in [0.15, 0.2) is 65.1 Å². The minimum atomic E-state index is 0.109. The minimum Gasteiger partial charge on any atom is -0.496 e. The quantitative estimate of drug-likeness (QED) is 0.327. The zero-order chi connectivity index (χ0) is 23.7. The van der Waals surface area contributed by atoms with E-state index in [1.165, 1.54) is 6.42 Å². The predicted octanol–water partition coefficient (Wildman–Crippen LogP) is 7.30. The van der Waals surface area contributed by atoms with Crippen LogP contribution in [0.4, 0.5) is 0 Å². The Hall–Kier alpha value is -3.27. The van der Waals surface area contributed by atoms with E-state index in [4.69, 9.17) is 9.15 Å². The van der Waals surface area contributed by atoms with Crippen LogP contribution in [0.3, 0.4) is 0 Å². The van der Waals surface area contributed by atoms with Crippen LogP contribution in [0.5, 0.6) is 5.75 Å². The molecule has 1 saturated carbocycles. The van der Waals surface area contributed by atoms with Crippen LogP contribution >= 0.6 is 0 Å². The van der Waals surface area contributed by atoms with Crippen LogP contribution in [0.1, 0.15) is 50.4 Å². The summed E-state index contributed by atoms with van der Waals surface area (Å²) in [6.45, 7) is 7.85. The lowest BCUT2D eigenvalue weighted by Gasteiger charge is -2.39. The second-order valence-corrected chi connectivity index (χ2v) is 11.3. The number of fused-ring (bicyclic) bond motifs is 5. The maximum absolute atomic E-state index is 13.6. The summed E-state index contributed by atoms with van der Waals surface area (Å²) in [4.78, 5) is 15.8. The molecule has 2 atom stereocenters. The van der Waals surface area contributed by atoms with Crippen molar-refractivity contribution in [1.29, 1.82) is 0 Å².